The summed E-state index contributed by atoms with van der Waals surface area (Å²) in [6, 6.07) is 13.7. The number of hydrogen-bond acceptors (Lipinski definition) is 4. The fourth-order valence-corrected chi connectivity index (χ4v) is 3.91. The maximum absolute atomic E-state index is 12.8. The van der Waals surface area contributed by atoms with Gasteiger partial charge in [-0.1, -0.05) is 64.1 Å². The highest BCUT2D eigenvalue weighted by molar-refractivity contribution is 6.00. The zero-order valence-corrected chi connectivity index (χ0v) is 19.1. The summed E-state index contributed by atoms with van der Waals surface area (Å²) >= 11 is 0. The number of aromatic nitrogens is 1. The summed E-state index contributed by atoms with van der Waals surface area (Å²) in [6.07, 6.45) is 0. The molecule has 0 aliphatic carbocycles. The molecule has 0 saturated carbocycles. The van der Waals surface area contributed by atoms with Gasteiger partial charge in [0.25, 0.3) is 5.91 Å². The maximum Gasteiger partial charge on any atom is 0.340 e. The lowest BCUT2D eigenvalue weighted by Crippen LogP contribution is -2.23. The Balaban J connectivity index is 1.78. The van der Waals surface area contributed by atoms with Gasteiger partial charge in [0.2, 0.25) is 0 Å². The maximum atomic E-state index is 12.8. The molecule has 0 saturated heterocycles. The third kappa shape index (κ3) is 4.76. The van der Waals surface area contributed by atoms with E-state index >= 15 is 0 Å². The van der Waals surface area contributed by atoms with Crippen molar-refractivity contribution in [3.63, 3.8) is 0 Å². The third-order valence-corrected chi connectivity index (χ3v) is 5.51. The van der Waals surface area contributed by atoms with Crippen LogP contribution in [0.25, 0.3) is 10.9 Å². The number of carbonyl (C=O) groups is 2. The van der Waals surface area contributed by atoms with E-state index in [0.29, 0.717) is 11.3 Å². The Labute approximate surface area is 183 Å². The summed E-state index contributed by atoms with van der Waals surface area (Å²) in [6.45, 7) is 11.7. The minimum absolute atomic E-state index is 0.255. The van der Waals surface area contributed by atoms with Crippen molar-refractivity contribution in [1.29, 1.82) is 0 Å². The minimum atomic E-state index is -0.537. The van der Waals surface area contributed by atoms with E-state index in [-0.39, 0.29) is 24.3 Å². The van der Waals surface area contributed by atoms with Crippen molar-refractivity contribution in [3.05, 3.63) is 70.4 Å². The van der Waals surface area contributed by atoms with Crippen LogP contribution >= 0.6 is 0 Å². The van der Waals surface area contributed by atoms with Crippen molar-refractivity contribution in [2.75, 3.05) is 11.9 Å². The van der Waals surface area contributed by atoms with Crippen LogP contribution in [-0.4, -0.2) is 23.5 Å². The van der Waals surface area contributed by atoms with E-state index in [2.05, 4.69) is 38.0 Å². The number of carbonyl (C=O) groups excluding carboxylic acids is 2. The highest BCUT2D eigenvalue weighted by atomic mass is 16.5. The van der Waals surface area contributed by atoms with Crippen LogP contribution in [0.3, 0.4) is 0 Å². The third-order valence-electron chi connectivity index (χ3n) is 5.51. The number of ether oxygens (including phenoxy) is 1. The molecule has 3 rings (SSSR count). The van der Waals surface area contributed by atoms with Crippen LogP contribution in [-0.2, 0) is 9.53 Å². The Morgan fingerprint density at radius 3 is 2.16 bits per heavy atom. The van der Waals surface area contributed by atoms with Gasteiger partial charge in [0, 0.05) is 11.1 Å². The van der Waals surface area contributed by atoms with Crippen molar-refractivity contribution < 1.29 is 14.3 Å². The number of benzene rings is 2. The molecule has 5 nitrogen and oxygen atoms in total. The number of nitrogens with one attached hydrogen (secondary N) is 1. The summed E-state index contributed by atoms with van der Waals surface area (Å²) < 4.78 is 5.38. The Morgan fingerprint density at radius 1 is 0.935 bits per heavy atom. The van der Waals surface area contributed by atoms with Crippen molar-refractivity contribution in [2.45, 2.75) is 53.4 Å². The number of hydrogen-bond donors (Lipinski definition) is 1. The van der Waals surface area contributed by atoms with E-state index in [0.717, 1.165) is 33.3 Å². The summed E-state index contributed by atoms with van der Waals surface area (Å²) in [7, 11) is 0. The average molecular weight is 419 g/mol. The van der Waals surface area contributed by atoms with E-state index in [1.54, 1.807) is 6.92 Å². The number of amides is 1. The number of pyridine rings is 1. The molecule has 162 valence electrons. The van der Waals surface area contributed by atoms with Gasteiger partial charge in [-0.2, -0.15) is 0 Å². The van der Waals surface area contributed by atoms with Gasteiger partial charge in [0.1, 0.15) is 0 Å². The zero-order valence-electron chi connectivity index (χ0n) is 19.1. The van der Waals surface area contributed by atoms with Crippen LogP contribution in [0.5, 0.6) is 0 Å². The predicted molar refractivity (Wildman–Crippen MR) is 125 cm³/mol. The molecule has 1 amide bonds. The van der Waals surface area contributed by atoms with Crippen molar-refractivity contribution in [2.24, 2.45) is 0 Å². The molecule has 3 aromatic rings. The first-order chi connectivity index (χ1) is 14.7. The lowest BCUT2D eigenvalue weighted by atomic mass is 9.92. The molecule has 2 aromatic carbocycles. The van der Waals surface area contributed by atoms with Crippen LogP contribution in [0.1, 0.15) is 72.3 Å². The number of fused-ring (bicyclic) bond motifs is 1. The van der Waals surface area contributed by atoms with E-state index < -0.39 is 5.97 Å². The van der Waals surface area contributed by atoms with Gasteiger partial charge in [0.05, 0.1) is 16.8 Å². The summed E-state index contributed by atoms with van der Waals surface area (Å²) in [5, 5.41) is 3.88. The molecule has 31 heavy (non-hydrogen) atoms. The molecular formula is C26H30N2O3. The van der Waals surface area contributed by atoms with Crippen LogP contribution in [0, 0.1) is 13.8 Å². The number of para-hydroxylation sites is 2. The standard InChI is InChI=1S/C26H30N2O3/c1-15(2)19-11-9-12-20(16(3)4)25(19)28-23(29)14-31-26(30)24-17(5)21-10-7-8-13-22(21)27-18(24)6/h7-13,15-16H,14H2,1-6H3,(H,28,29). The number of rotatable bonds is 6. The largest absolute Gasteiger partial charge is 0.452 e. The molecule has 0 aliphatic rings. The summed E-state index contributed by atoms with van der Waals surface area (Å²) in [4.78, 5) is 30.0. The quantitative estimate of drug-likeness (QED) is 0.507. The molecule has 0 aliphatic heterocycles. The normalized spacial score (nSPS) is 11.2. The first-order valence-corrected chi connectivity index (χ1v) is 10.7. The van der Waals surface area contributed by atoms with E-state index in [4.69, 9.17) is 4.74 Å². The van der Waals surface area contributed by atoms with Crippen LogP contribution in [0.15, 0.2) is 42.5 Å². The number of esters is 1. The van der Waals surface area contributed by atoms with Crippen LogP contribution in [0.4, 0.5) is 5.69 Å². The predicted octanol–water partition coefficient (Wildman–Crippen LogP) is 5.89. The van der Waals surface area contributed by atoms with Gasteiger partial charge < -0.3 is 10.1 Å². The molecule has 0 radical (unpaired) electrons. The van der Waals surface area contributed by atoms with Crippen molar-refractivity contribution in [1.82, 2.24) is 4.98 Å². The molecule has 0 unspecified atom stereocenters. The van der Waals surface area contributed by atoms with Gasteiger partial charge in [-0.05, 0) is 48.4 Å². The number of nitrogens with zero attached hydrogens (tertiary/aromatic N) is 1. The van der Waals surface area contributed by atoms with E-state index in [1.165, 1.54) is 0 Å². The molecule has 0 atom stereocenters. The number of anilines is 1. The molecule has 0 bridgehead atoms. The second-order valence-corrected chi connectivity index (χ2v) is 8.46. The van der Waals surface area contributed by atoms with Gasteiger partial charge in [-0.25, -0.2) is 4.79 Å². The first kappa shape index (κ1) is 22.5. The molecular weight excluding hydrogens is 388 g/mol. The highest BCUT2D eigenvalue weighted by Crippen LogP contribution is 2.32. The first-order valence-electron chi connectivity index (χ1n) is 10.7. The molecule has 0 spiro atoms. The second-order valence-electron chi connectivity index (χ2n) is 8.46. The average Bonchev–Trinajstić information content (AvgIpc) is 2.72. The van der Waals surface area contributed by atoms with Gasteiger partial charge in [0.15, 0.2) is 6.61 Å². The topological polar surface area (TPSA) is 68.3 Å². The summed E-state index contributed by atoms with van der Waals surface area (Å²) in [5.41, 5.74) is 5.59. The summed E-state index contributed by atoms with van der Waals surface area (Å²) in [5.74, 6) is -0.381. The number of aryl methyl sites for hydroxylation is 2. The highest BCUT2D eigenvalue weighted by Gasteiger charge is 2.20. The van der Waals surface area contributed by atoms with Gasteiger partial charge in [-0.3, -0.25) is 9.78 Å². The Bertz CT molecular complexity index is 1110. The van der Waals surface area contributed by atoms with Crippen LogP contribution in [0.2, 0.25) is 0 Å². The fourth-order valence-electron chi connectivity index (χ4n) is 3.91. The van der Waals surface area contributed by atoms with E-state index in [9.17, 15) is 9.59 Å². The lowest BCUT2D eigenvalue weighted by Gasteiger charge is -2.20. The smallest absolute Gasteiger partial charge is 0.340 e. The van der Waals surface area contributed by atoms with Gasteiger partial charge >= 0.3 is 5.97 Å². The fraction of sp³-hybridized carbons (Fsp3) is 0.346. The Hall–Kier alpha value is -3.21. The molecule has 0 fully saturated rings. The zero-order chi connectivity index (χ0) is 22.7. The second kappa shape index (κ2) is 9.29. The molecule has 1 N–H and O–H groups in total. The van der Waals surface area contributed by atoms with Crippen LogP contribution < -0.4 is 5.32 Å². The Morgan fingerprint density at radius 2 is 1.55 bits per heavy atom. The Kier molecular flexibility index (Phi) is 6.74. The minimum Gasteiger partial charge on any atom is -0.452 e. The van der Waals surface area contributed by atoms with Crippen molar-refractivity contribution >= 4 is 28.5 Å². The lowest BCUT2D eigenvalue weighted by molar-refractivity contribution is -0.119. The monoisotopic (exact) mass is 418 g/mol. The van der Waals surface area contributed by atoms with E-state index in [1.807, 2.05) is 49.4 Å². The SMILES string of the molecule is Cc1nc2ccccc2c(C)c1C(=O)OCC(=O)Nc1c(C(C)C)cccc1C(C)C. The molecule has 1 aromatic heterocycles. The van der Waals surface area contributed by atoms with Crippen molar-refractivity contribution in [3.8, 4) is 0 Å². The molecule has 1 heterocycles. The molecule has 5 heteroatoms. The van der Waals surface area contributed by atoms with Gasteiger partial charge in [-0.15, -0.1) is 0 Å².